The number of ketones is 1. The highest BCUT2D eigenvalue weighted by Gasteiger charge is 2.14. The quantitative estimate of drug-likeness (QED) is 0.325. The molecule has 0 atom stereocenters. The number of halogens is 1. The number of aromatic amines is 1. The van der Waals surface area contributed by atoms with Crippen LogP contribution in [0.25, 0.3) is 0 Å². The third kappa shape index (κ3) is 7.95. The summed E-state index contributed by atoms with van der Waals surface area (Å²) in [7, 11) is -4.94. The predicted octanol–water partition coefficient (Wildman–Crippen LogP) is -2.92. The number of carbonyl (C=O) groups excluding carboxylic acids is 1. The highest BCUT2D eigenvalue weighted by Crippen LogP contribution is 2.08. The Morgan fingerprint density at radius 3 is 2.04 bits per heavy atom. The summed E-state index contributed by atoms with van der Waals surface area (Å²) < 4.78 is 34.0. The van der Waals surface area contributed by atoms with E-state index in [2.05, 4.69) is 4.98 Å². The number of nitrogens with zero attached hydrogens (tertiary/aromatic N) is 1. The standard InChI is InChI=1S/C13H10N2O3.ClHO4/c16-13(10-4-2-1-3-5-10)8-11-6-7-12(9-14-11)15(17)18;2-1(3,4)5/h1-7,9H,8H2;(H,2,3,4,5). The van der Waals surface area contributed by atoms with E-state index in [1.165, 1.54) is 12.3 Å². The smallest absolute Gasteiger partial charge is 0.294 e. The first-order chi connectivity index (χ1) is 10.7. The average Bonchev–Trinajstić information content (AvgIpc) is 2.47. The van der Waals surface area contributed by atoms with Crippen LogP contribution in [0.1, 0.15) is 16.1 Å². The van der Waals surface area contributed by atoms with Crippen LogP contribution in [0.4, 0.5) is 5.69 Å². The lowest BCUT2D eigenvalue weighted by Crippen LogP contribution is -2.68. The first-order valence-corrected chi connectivity index (χ1v) is 7.25. The number of aromatic nitrogens is 1. The molecule has 0 amide bonds. The Morgan fingerprint density at radius 2 is 1.61 bits per heavy atom. The van der Waals surface area contributed by atoms with Gasteiger partial charge in [-0.1, -0.05) is 30.3 Å². The SMILES string of the molecule is O=C(Cc1ccc([N+](=O)[O-])c[nH+]1)c1ccccc1.[O-][Cl+3]([O-])([O-])[O-]. The van der Waals surface area contributed by atoms with E-state index >= 15 is 0 Å². The molecule has 1 aromatic heterocycles. The van der Waals surface area contributed by atoms with Crippen molar-refractivity contribution in [3.8, 4) is 0 Å². The molecule has 0 aliphatic carbocycles. The number of hydrogen-bond donors (Lipinski definition) is 0. The second-order valence-corrected chi connectivity index (χ2v) is 4.93. The summed E-state index contributed by atoms with van der Waals surface area (Å²) in [5.74, 6) is -0.0271. The first kappa shape index (κ1) is 18.6. The van der Waals surface area contributed by atoms with E-state index in [0.29, 0.717) is 11.3 Å². The average molecular weight is 343 g/mol. The summed E-state index contributed by atoms with van der Waals surface area (Å²) in [5, 5.41) is 10.5. The third-order valence-corrected chi connectivity index (χ3v) is 2.52. The maximum Gasteiger partial charge on any atom is 0.332 e. The summed E-state index contributed by atoms with van der Waals surface area (Å²) in [6.45, 7) is 0. The lowest BCUT2D eigenvalue weighted by molar-refractivity contribution is -2.00. The van der Waals surface area contributed by atoms with Gasteiger partial charge in [0.1, 0.15) is 0 Å². The molecular weight excluding hydrogens is 332 g/mol. The zero-order valence-corrected chi connectivity index (χ0v) is 12.3. The van der Waals surface area contributed by atoms with E-state index in [1.54, 1.807) is 30.3 Å². The molecule has 0 aliphatic heterocycles. The number of benzene rings is 1. The van der Waals surface area contributed by atoms with Crippen molar-refractivity contribution in [2.45, 2.75) is 6.42 Å². The Hall–Kier alpha value is -2.43. The van der Waals surface area contributed by atoms with E-state index in [-0.39, 0.29) is 17.9 Å². The monoisotopic (exact) mass is 342 g/mol. The van der Waals surface area contributed by atoms with E-state index in [0.717, 1.165) is 0 Å². The molecule has 0 fully saturated rings. The first-order valence-electron chi connectivity index (χ1n) is 6.02. The van der Waals surface area contributed by atoms with Crippen molar-refractivity contribution in [2.24, 2.45) is 0 Å². The van der Waals surface area contributed by atoms with E-state index in [1.807, 2.05) is 6.07 Å². The van der Waals surface area contributed by atoms with Crippen LogP contribution in [0.3, 0.4) is 0 Å². The fourth-order valence-electron chi connectivity index (χ4n) is 1.57. The van der Waals surface area contributed by atoms with Crippen molar-refractivity contribution < 1.29 is 43.6 Å². The second kappa shape index (κ2) is 8.27. The van der Waals surface area contributed by atoms with E-state index in [4.69, 9.17) is 18.6 Å². The molecule has 1 N–H and O–H groups in total. The fraction of sp³-hybridized carbons (Fsp3) is 0.0769. The molecule has 2 rings (SSSR count). The largest absolute Gasteiger partial charge is 0.332 e. The van der Waals surface area contributed by atoms with Gasteiger partial charge in [-0.3, -0.25) is 14.9 Å². The van der Waals surface area contributed by atoms with Gasteiger partial charge in [-0.05, 0) is 0 Å². The van der Waals surface area contributed by atoms with Gasteiger partial charge in [0.05, 0.1) is 11.3 Å². The Morgan fingerprint density at radius 1 is 1.04 bits per heavy atom. The molecule has 0 spiro atoms. The van der Waals surface area contributed by atoms with Crippen LogP contribution in [-0.2, 0) is 6.42 Å². The van der Waals surface area contributed by atoms with Gasteiger partial charge in [0.15, 0.2) is 11.5 Å². The molecule has 0 saturated carbocycles. The molecule has 0 saturated heterocycles. The Kier molecular flexibility index (Phi) is 6.69. The molecule has 10 heteroatoms. The minimum atomic E-state index is -4.94. The number of Topliss-reactive ketones (excluding diaryl/α,β-unsaturated/α-hetero) is 1. The number of nitro groups is 1. The molecule has 0 radical (unpaired) electrons. The molecule has 23 heavy (non-hydrogen) atoms. The maximum absolute atomic E-state index is 11.9. The normalized spacial score (nSPS) is 10.4. The van der Waals surface area contributed by atoms with Crippen LogP contribution in [0.2, 0.25) is 0 Å². The zero-order chi connectivity index (χ0) is 17.5. The maximum atomic E-state index is 11.9. The van der Waals surface area contributed by atoms with Gasteiger partial charge in [-0.2, -0.15) is 0 Å². The highest BCUT2D eigenvalue weighted by atomic mass is 35.7. The molecule has 0 unspecified atom stereocenters. The Bertz CT molecular complexity index is 650. The predicted molar refractivity (Wildman–Crippen MR) is 64.1 cm³/mol. The van der Waals surface area contributed by atoms with Crippen molar-refractivity contribution in [1.82, 2.24) is 0 Å². The van der Waals surface area contributed by atoms with Crippen molar-refractivity contribution in [2.75, 3.05) is 0 Å². The van der Waals surface area contributed by atoms with Crippen LogP contribution in [0, 0.1) is 20.4 Å². The molecule has 0 aliphatic rings. The lowest BCUT2D eigenvalue weighted by atomic mass is 10.1. The summed E-state index contributed by atoms with van der Waals surface area (Å²) >= 11 is 0. The number of pyridine rings is 1. The Balaban J connectivity index is 0.000000463. The zero-order valence-electron chi connectivity index (χ0n) is 11.5. The van der Waals surface area contributed by atoms with Crippen LogP contribution in [-0.4, -0.2) is 10.7 Å². The van der Waals surface area contributed by atoms with Crippen LogP contribution < -0.4 is 23.6 Å². The molecule has 2 aromatic rings. The van der Waals surface area contributed by atoms with E-state index in [9.17, 15) is 14.9 Å². The number of nitrogens with one attached hydrogen (secondary N) is 1. The second-order valence-electron chi connectivity index (χ2n) is 4.17. The number of carbonyl (C=O) groups is 1. The minimum Gasteiger partial charge on any atom is -0.294 e. The van der Waals surface area contributed by atoms with Gasteiger partial charge >= 0.3 is 5.69 Å². The molecule has 9 nitrogen and oxygen atoms in total. The molecule has 1 aromatic carbocycles. The van der Waals surface area contributed by atoms with Gasteiger partial charge in [-0.15, -0.1) is 10.2 Å². The van der Waals surface area contributed by atoms with Gasteiger partial charge in [0, 0.05) is 17.7 Å². The minimum absolute atomic E-state index is 0.0223. The van der Waals surface area contributed by atoms with Crippen LogP contribution >= 0.6 is 0 Å². The summed E-state index contributed by atoms with van der Waals surface area (Å²) in [6, 6.07) is 11.9. The number of hydrogen-bond acceptors (Lipinski definition) is 7. The van der Waals surface area contributed by atoms with Gasteiger partial charge < -0.3 is 0 Å². The third-order valence-electron chi connectivity index (χ3n) is 2.52. The summed E-state index contributed by atoms with van der Waals surface area (Å²) in [4.78, 5) is 24.6. The summed E-state index contributed by atoms with van der Waals surface area (Å²) in [5.41, 5.74) is 1.25. The van der Waals surface area contributed by atoms with Crippen LogP contribution in [0.5, 0.6) is 0 Å². The topological polar surface area (TPSA) is 167 Å². The molecule has 0 bridgehead atoms. The number of H-pyrrole nitrogens is 1. The Labute approximate surface area is 132 Å². The van der Waals surface area contributed by atoms with Gasteiger partial charge in [0.2, 0.25) is 6.20 Å². The lowest BCUT2D eigenvalue weighted by Gasteiger charge is -2.17. The van der Waals surface area contributed by atoms with Crippen molar-refractivity contribution in [1.29, 1.82) is 0 Å². The van der Waals surface area contributed by atoms with Gasteiger partial charge in [-0.25, -0.2) is 23.6 Å². The summed E-state index contributed by atoms with van der Waals surface area (Å²) in [6.07, 6.45) is 1.48. The highest BCUT2D eigenvalue weighted by molar-refractivity contribution is 5.97. The number of rotatable bonds is 4. The van der Waals surface area contributed by atoms with Gasteiger partial charge in [0.25, 0.3) is 0 Å². The molecular formula is C13H11ClN2O7. The van der Waals surface area contributed by atoms with Crippen molar-refractivity contribution in [3.63, 3.8) is 0 Å². The van der Waals surface area contributed by atoms with Crippen LogP contribution in [0.15, 0.2) is 48.7 Å². The van der Waals surface area contributed by atoms with Crippen molar-refractivity contribution >= 4 is 11.5 Å². The molecule has 1 heterocycles. The fourth-order valence-corrected chi connectivity index (χ4v) is 1.57. The van der Waals surface area contributed by atoms with E-state index < -0.39 is 15.2 Å². The molecule has 122 valence electrons. The van der Waals surface area contributed by atoms with Crippen molar-refractivity contribution in [3.05, 3.63) is 70.0 Å².